The van der Waals surface area contributed by atoms with Crippen LogP contribution in [0.1, 0.15) is 19.4 Å². The molecule has 8 heteroatoms. The summed E-state index contributed by atoms with van der Waals surface area (Å²) in [6.07, 6.45) is 0. The fourth-order valence-electron chi connectivity index (χ4n) is 3.07. The van der Waals surface area contributed by atoms with Crippen molar-refractivity contribution >= 4 is 30.4 Å². The summed E-state index contributed by atoms with van der Waals surface area (Å²) in [7, 11) is 1.27. The Hall–Kier alpha value is -2.84. The van der Waals surface area contributed by atoms with Crippen molar-refractivity contribution in [2.24, 2.45) is 5.92 Å². The second kappa shape index (κ2) is 12.9. The highest BCUT2D eigenvalue weighted by atomic mass is 32.1. The van der Waals surface area contributed by atoms with E-state index in [0.717, 1.165) is 16.7 Å². The Kier molecular flexibility index (Phi) is 10.2. The molecule has 7 nitrogen and oxygen atoms in total. The molecule has 0 saturated heterocycles. The average molecular weight is 458 g/mol. The standard InChI is InChI=1S/C24H31N3O4S/c1-16(2)22(24(30)31-3)27-21(28)14-26-23(29)20(15-32)25-13-17-9-11-19(12-10-17)18-7-5-4-6-8-18/h4-12,16,20,22,25,32H,13-15H2,1-3H3,(H,26,29)(H,27,28). The first kappa shape index (κ1) is 25.4. The number of ether oxygens (including phenoxy) is 1. The van der Waals surface area contributed by atoms with Crippen molar-refractivity contribution in [1.29, 1.82) is 0 Å². The fourth-order valence-corrected chi connectivity index (χ4v) is 3.36. The monoisotopic (exact) mass is 457 g/mol. The number of carbonyl (C=O) groups is 3. The predicted molar refractivity (Wildman–Crippen MR) is 128 cm³/mol. The zero-order chi connectivity index (χ0) is 23.5. The van der Waals surface area contributed by atoms with Crippen LogP contribution in [0.2, 0.25) is 0 Å². The minimum atomic E-state index is -0.762. The molecule has 2 amide bonds. The van der Waals surface area contributed by atoms with Gasteiger partial charge in [0.25, 0.3) is 0 Å². The van der Waals surface area contributed by atoms with Gasteiger partial charge in [0.1, 0.15) is 6.04 Å². The third-order valence-corrected chi connectivity index (χ3v) is 5.34. The maximum Gasteiger partial charge on any atom is 0.328 e. The van der Waals surface area contributed by atoms with Crippen LogP contribution >= 0.6 is 12.6 Å². The van der Waals surface area contributed by atoms with E-state index in [9.17, 15) is 14.4 Å². The Labute approximate surface area is 194 Å². The van der Waals surface area contributed by atoms with Gasteiger partial charge in [-0.3, -0.25) is 9.59 Å². The summed E-state index contributed by atoms with van der Waals surface area (Å²) in [5.41, 5.74) is 3.29. The van der Waals surface area contributed by atoms with Crippen LogP contribution in [-0.2, 0) is 25.7 Å². The number of thiol groups is 1. The predicted octanol–water partition coefficient (Wildman–Crippen LogP) is 2.17. The van der Waals surface area contributed by atoms with E-state index in [1.807, 2.05) is 42.5 Å². The molecule has 0 bridgehead atoms. The Bertz CT molecular complexity index is 888. The number of amides is 2. The molecule has 0 aliphatic carbocycles. The van der Waals surface area contributed by atoms with E-state index in [0.29, 0.717) is 6.54 Å². The first-order valence-electron chi connectivity index (χ1n) is 10.5. The largest absolute Gasteiger partial charge is 0.467 e. The molecule has 32 heavy (non-hydrogen) atoms. The highest BCUT2D eigenvalue weighted by molar-refractivity contribution is 7.80. The Morgan fingerprint density at radius 3 is 2.16 bits per heavy atom. The Morgan fingerprint density at radius 2 is 1.59 bits per heavy atom. The lowest BCUT2D eigenvalue weighted by Gasteiger charge is -2.20. The van der Waals surface area contributed by atoms with Crippen LogP contribution in [0.4, 0.5) is 0 Å². The van der Waals surface area contributed by atoms with Crippen LogP contribution in [0.5, 0.6) is 0 Å². The van der Waals surface area contributed by atoms with Gasteiger partial charge in [-0.1, -0.05) is 68.4 Å². The van der Waals surface area contributed by atoms with E-state index in [4.69, 9.17) is 4.74 Å². The van der Waals surface area contributed by atoms with Gasteiger partial charge in [0.2, 0.25) is 11.8 Å². The third kappa shape index (κ3) is 7.69. The molecule has 3 N–H and O–H groups in total. The number of benzene rings is 2. The smallest absolute Gasteiger partial charge is 0.328 e. The molecular formula is C24H31N3O4S. The third-order valence-electron chi connectivity index (χ3n) is 4.97. The minimum Gasteiger partial charge on any atom is -0.467 e. The molecule has 2 unspecified atom stereocenters. The molecule has 0 aliphatic heterocycles. The van der Waals surface area contributed by atoms with Gasteiger partial charge in [0.15, 0.2) is 0 Å². The van der Waals surface area contributed by atoms with Gasteiger partial charge in [-0.05, 0) is 22.6 Å². The van der Waals surface area contributed by atoms with Crippen LogP contribution in [0, 0.1) is 5.92 Å². The van der Waals surface area contributed by atoms with Crippen LogP contribution < -0.4 is 16.0 Å². The first-order chi connectivity index (χ1) is 15.3. The van der Waals surface area contributed by atoms with E-state index in [2.05, 4.69) is 40.7 Å². The summed E-state index contributed by atoms with van der Waals surface area (Å²) in [4.78, 5) is 36.4. The van der Waals surface area contributed by atoms with Crippen molar-refractivity contribution in [3.05, 3.63) is 60.2 Å². The normalized spacial score (nSPS) is 12.7. The molecular weight excluding hydrogens is 426 g/mol. The van der Waals surface area contributed by atoms with Crippen molar-refractivity contribution in [1.82, 2.24) is 16.0 Å². The van der Waals surface area contributed by atoms with Crippen molar-refractivity contribution in [3.8, 4) is 11.1 Å². The van der Waals surface area contributed by atoms with Gasteiger partial charge in [0, 0.05) is 12.3 Å². The maximum atomic E-state index is 12.5. The van der Waals surface area contributed by atoms with Crippen molar-refractivity contribution in [2.75, 3.05) is 19.4 Å². The van der Waals surface area contributed by atoms with E-state index in [-0.39, 0.29) is 24.1 Å². The lowest BCUT2D eigenvalue weighted by molar-refractivity contribution is -0.146. The molecule has 0 heterocycles. The lowest BCUT2D eigenvalue weighted by atomic mass is 10.0. The molecule has 0 spiro atoms. The van der Waals surface area contributed by atoms with Gasteiger partial charge < -0.3 is 20.7 Å². The summed E-state index contributed by atoms with van der Waals surface area (Å²) in [6.45, 7) is 3.84. The molecule has 0 fully saturated rings. The van der Waals surface area contributed by atoms with Gasteiger partial charge in [-0.25, -0.2) is 4.79 Å². The molecule has 2 rings (SSSR count). The summed E-state index contributed by atoms with van der Waals surface area (Å²) in [5.74, 6) is -1.19. The topological polar surface area (TPSA) is 96.5 Å². The Balaban J connectivity index is 1.83. The second-order valence-corrected chi connectivity index (χ2v) is 8.07. The zero-order valence-corrected chi connectivity index (χ0v) is 19.5. The highest BCUT2D eigenvalue weighted by Gasteiger charge is 2.25. The number of methoxy groups -OCH3 is 1. The average Bonchev–Trinajstić information content (AvgIpc) is 2.81. The highest BCUT2D eigenvalue weighted by Crippen LogP contribution is 2.19. The molecule has 0 radical (unpaired) electrons. The van der Waals surface area contributed by atoms with Gasteiger partial charge in [-0.15, -0.1) is 0 Å². The summed E-state index contributed by atoms with van der Waals surface area (Å²) >= 11 is 4.25. The molecule has 2 aromatic rings. The molecule has 0 aliphatic rings. The number of rotatable bonds is 11. The molecule has 2 atom stereocenters. The number of carbonyl (C=O) groups excluding carboxylic acids is 3. The Morgan fingerprint density at radius 1 is 0.969 bits per heavy atom. The first-order valence-corrected chi connectivity index (χ1v) is 11.1. The van der Waals surface area contributed by atoms with Crippen LogP contribution in [-0.4, -0.2) is 49.3 Å². The quantitative estimate of drug-likeness (QED) is 0.306. The van der Waals surface area contributed by atoms with Crippen LogP contribution in [0.25, 0.3) is 11.1 Å². The number of esters is 1. The van der Waals surface area contributed by atoms with E-state index >= 15 is 0 Å². The van der Waals surface area contributed by atoms with Gasteiger partial charge in [-0.2, -0.15) is 12.6 Å². The van der Waals surface area contributed by atoms with Gasteiger partial charge in [0.05, 0.1) is 19.7 Å². The van der Waals surface area contributed by atoms with Gasteiger partial charge >= 0.3 is 5.97 Å². The second-order valence-electron chi connectivity index (χ2n) is 7.71. The molecule has 0 saturated carbocycles. The van der Waals surface area contributed by atoms with Crippen molar-refractivity contribution < 1.29 is 19.1 Å². The number of nitrogens with one attached hydrogen (secondary N) is 3. The van der Waals surface area contributed by atoms with Crippen molar-refractivity contribution in [2.45, 2.75) is 32.5 Å². The summed E-state index contributed by atoms with van der Waals surface area (Å²) < 4.78 is 4.70. The number of hydrogen-bond donors (Lipinski definition) is 4. The summed E-state index contributed by atoms with van der Waals surface area (Å²) in [6, 6.07) is 16.9. The van der Waals surface area contributed by atoms with E-state index in [1.165, 1.54) is 7.11 Å². The molecule has 0 aromatic heterocycles. The molecule has 2 aromatic carbocycles. The fraction of sp³-hybridized carbons (Fsp3) is 0.375. The minimum absolute atomic E-state index is 0.137. The van der Waals surface area contributed by atoms with Crippen molar-refractivity contribution in [3.63, 3.8) is 0 Å². The lowest BCUT2D eigenvalue weighted by Crippen LogP contribution is -2.51. The van der Waals surface area contributed by atoms with E-state index in [1.54, 1.807) is 13.8 Å². The van der Waals surface area contributed by atoms with Crippen LogP contribution in [0.3, 0.4) is 0 Å². The SMILES string of the molecule is COC(=O)C(NC(=O)CNC(=O)C(CS)NCc1ccc(-c2ccccc2)cc1)C(C)C. The zero-order valence-electron chi connectivity index (χ0n) is 18.6. The van der Waals surface area contributed by atoms with E-state index < -0.39 is 24.0 Å². The van der Waals surface area contributed by atoms with Crippen LogP contribution in [0.15, 0.2) is 54.6 Å². The summed E-state index contributed by atoms with van der Waals surface area (Å²) in [5, 5.41) is 8.34. The molecule has 172 valence electrons. The maximum absolute atomic E-state index is 12.5. The number of hydrogen-bond acceptors (Lipinski definition) is 6.